The Kier molecular flexibility index (Phi) is 5.29. The average molecular weight is 434 g/mol. The fourth-order valence-electron chi connectivity index (χ4n) is 5.93. The third kappa shape index (κ3) is 2.53. The molecule has 166 valence electrons. The third-order valence-corrected chi connectivity index (χ3v) is 7.15. The molecule has 0 saturated heterocycles. The molecule has 6 nitrogen and oxygen atoms in total. The molecule has 1 saturated carbocycles. The Labute approximate surface area is 186 Å². The van der Waals surface area contributed by atoms with Crippen molar-refractivity contribution in [3.8, 4) is 0 Å². The highest BCUT2D eigenvalue weighted by Gasteiger charge is 2.81. The molecule has 0 amide bonds. The van der Waals surface area contributed by atoms with Crippen LogP contribution in [0.25, 0.3) is 11.1 Å². The number of rotatable bonds is 6. The molecule has 2 aliphatic carbocycles. The van der Waals surface area contributed by atoms with E-state index in [1.54, 1.807) is 6.92 Å². The van der Waals surface area contributed by atoms with E-state index in [-0.39, 0.29) is 19.4 Å². The molecule has 2 aromatic rings. The first kappa shape index (κ1) is 22.0. The largest absolute Gasteiger partial charge is 0.468 e. The van der Waals surface area contributed by atoms with Gasteiger partial charge < -0.3 is 14.6 Å². The van der Waals surface area contributed by atoms with Crippen LogP contribution in [0.3, 0.4) is 0 Å². The minimum atomic E-state index is -1.76. The number of esters is 2. The van der Waals surface area contributed by atoms with Crippen molar-refractivity contribution in [2.45, 2.75) is 19.8 Å². The van der Waals surface area contributed by atoms with Crippen molar-refractivity contribution in [3.05, 3.63) is 71.8 Å². The number of hydrogen-bond acceptors (Lipinski definition) is 6. The molecule has 0 unspecified atom stereocenters. The molecule has 4 rings (SSSR count). The van der Waals surface area contributed by atoms with E-state index in [9.17, 15) is 19.5 Å². The maximum absolute atomic E-state index is 14.3. The zero-order valence-corrected chi connectivity index (χ0v) is 18.4. The number of methoxy groups -OCH3 is 2. The lowest BCUT2D eigenvalue weighted by Crippen LogP contribution is -2.48. The lowest BCUT2D eigenvalue weighted by Gasteiger charge is -2.44. The quantitative estimate of drug-likeness (QED) is 0.554. The normalized spacial score (nSPS) is 28.7. The molecule has 32 heavy (non-hydrogen) atoms. The molecule has 6 heteroatoms. The van der Waals surface area contributed by atoms with Gasteiger partial charge >= 0.3 is 11.9 Å². The number of ether oxygens (including phenoxy) is 2. The summed E-state index contributed by atoms with van der Waals surface area (Å²) in [5, 5.41) is 9.90. The minimum Gasteiger partial charge on any atom is -0.468 e. The highest BCUT2D eigenvalue weighted by atomic mass is 16.5. The van der Waals surface area contributed by atoms with Crippen molar-refractivity contribution >= 4 is 28.9 Å². The molecular weight excluding hydrogens is 408 g/mol. The van der Waals surface area contributed by atoms with Crippen molar-refractivity contribution < 1.29 is 29.0 Å². The number of carbonyl (C=O) groups excluding carboxylic acids is 3. The van der Waals surface area contributed by atoms with Crippen LogP contribution in [0.5, 0.6) is 0 Å². The highest BCUT2D eigenvalue weighted by molar-refractivity contribution is 6.38. The Morgan fingerprint density at radius 1 is 0.875 bits per heavy atom. The first-order chi connectivity index (χ1) is 15.3. The van der Waals surface area contributed by atoms with E-state index in [0.717, 1.165) is 0 Å². The highest BCUT2D eigenvalue weighted by Crippen LogP contribution is 2.75. The maximum atomic E-state index is 14.3. The van der Waals surface area contributed by atoms with Crippen LogP contribution < -0.4 is 0 Å². The fourth-order valence-corrected chi connectivity index (χ4v) is 5.93. The van der Waals surface area contributed by atoms with Crippen LogP contribution in [0.2, 0.25) is 0 Å². The van der Waals surface area contributed by atoms with E-state index >= 15 is 0 Å². The maximum Gasteiger partial charge on any atom is 0.324 e. The second-order valence-electron chi connectivity index (χ2n) is 8.66. The van der Waals surface area contributed by atoms with Crippen molar-refractivity contribution in [3.63, 3.8) is 0 Å². The average Bonchev–Trinajstić information content (AvgIpc) is 3.17. The molecule has 2 aliphatic rings. The molecule has 0 aliphatic heterocycles. The summed E-state index contributed by atoms with van der Waals surface area (Å²) >= 11 is 0. The van der Waals surface area contributed by atoms with Crippen LogP contribution in [0.1, 0.15) is 30.9 Å². The molecule has 0 spiro atoms. The van der Waals surface area contributed by atoms with Gasteiger partial charge in [-0.1, -0.05) is 67.6 Å². The van der Waals surface area contributed by atoms with E-state index in [1.807, 2.05) is 60.7 Å². The molecule has 0 heterocycles. The van der Waals surface area contributed by atoms with Crippen LogP contribution >= 0.6 is 0 Å². The summed E-state index contributed by atoms with van der Waals surface area (Å²) in [6.07, 6.45) is 0.187. The first-order valence-corrected chi connectivity index (χ1v) is 10.5. The van der Waals surface area contributed by atoms with Gasteiger partial charge in [-0.25, -0.2) is 0 Å². The van der Waals surface area contributed by atoms with E-state index in [4.69, 9.17) is 9.47 Å². The summed E-state index contributed by atoms with van der Waals surface area (Å²) in [4.78, 5) is 41.4. The summed E-state index contributed by atoms with van der Waals surface area (Å²) in [5.74, 6) is -1.98. The Hall–Kier alpha value is -3.25. The molecule has 1 N–H and O–H groups in total. The van der Waals surface area contributed by atoms with Gasteiger partial charge in [-0.2, -0.15) is 0 Å². The zero-order chi connectivity index (χ0) is 23.1. The van der Waals surface area contributed by atoms with Crippen molar-refractivity contribution in [2.75, 3.05) is 20.8 Å². The van der Waals surface area contributed by atoms with E-state index in [0.29, 0.717) is 22.3 Å². The number of fused-ring (bicyclic) bond motifs is 2. The van der Waals surface area contributed by atoms with Crippen molar-refractivity contribution in [1.82, 2.24) is 0 Å². The number of Topliss-reactive ketones (excluding diaryl/α,β-unsaturated/α-hetero) is 1. The van der Waals surface area contributed by atoms with Gasteiger partial charge in [0.25, 0.3) is 0 Å². The van der Waals surface area contributed by atoms with Crippen LogP contribution in [-0.2, 0) is 23.9 Å². The topological polar surface area (TPSA) is 89.9 Å². The van der Waals surface area contributed by atoms with Gasteiger partial charge in [0.1, 0.15) is 0 Å². The number of ketones is 1. The number of hydrogen-bond donors (Lipinski definition) is 1. The second kappa shape index (κ2) is 7.71. The van der Waals surface area contributed by atoms with Gasteiger partial charge in [0, 0.05) is 6.61 Å². The van der Waals surface area contributed by atoms with Crippen LogP contribution in [0.15, 0.2) is 60.7 Å². The molecule has 3 atom stereocenters. The molecule has 0 radical (unpaired) electrons. The van der Waals surface area contributed by atoms with Crippen LogP contribution in [-0.4, -0.2) is 43.7 Å². The lowest BCUT2D eigenvalue weighted by molar-refractivity contribution is -0.159. The summed E-state index contributed by atoms with van der Waals surface area (Å²) in [5.41, 5.74) is -2.24. The van der Waals surface area contributed by atoms with Gasteiger partial charge in [-0.15, -0.1) is 0 Å². The van der Waals surface area contributed by atoms with E-state index in [1.165, 1.54) is 14.2 Å². The molecular formula is C26H26O6. The fraction of sp³-hybridized carbons (Fsp3) is 0.346. The summed E-state index contributed by atoms with van der Waals surface area (Å²) in [7, 11) is 2.49. The molecule has 1 fully saturated rings. The van der Waals surface area contributed by atoms with Gasteiger partial charge in [0.15, 0.2) is 16.6 Å². The summed E-state index contributed by atoms with van der Waals surface area (Å²) in [6.45, 7) is 1.52. The SMILES string of the molecule is COC(=O)[C@@]12C[C@](C)(CCO)[C@@](C(=O)OC)(C1=O)C(c1ccccc1)=C2c1ccccc1. The summed E-state index contributed by atoms with van der Waals surface area (Å²) in [6, 6.07) is 18.3. The Morgan fingerprint density at radius 2 is 1.38 bits per heavy atom. The van der Waals surface area contributed by atoms with Crippen LogP contribution in [0, 0.1) is 16.2 Å². The second-order valence-corrected chi connectivity index (χ2v) is 8.66. The van der Waals surface area contributed by atoms with Crippen molar-refractivity contribution in [1.29, 1.82) is 0 Å². The Morgan fingerprint density at radius 3 is 1.84 bits per heavy atom. The van der Waals surface area contributed by atoms with Gasteiger partial charge in [0.05, 0.1) is 14.2 Å². The minimum absolute atomic E-state index is 0.0434. The van der Waals surface area contributed by atoms with Gasteiger partial charge in [-0.05, 0) is 40.5 Å². The number of aliphatic hydroxyl groups excluding tert-OH is 1. The predicted octanol–water partition coefficient (Wildman–Crippen LogP) is 3.29. The molecule has 2 aromatic carbocycles. The van der Waals surface area contributed by atoms with Crippen LogP contribution in [0.4, 0.5) is 0 Å². The predicted molar refractivity (Wildman–Crippen MR) is 118 cm³/mol. The van der Waals surface area contributed by atoms with E-state index in [2.05, 4.69) is 0 Å². The number of aliphatic hydroxyl groups is 1. The molecule has 0 aromatic heterocycles. The van der Waals surface area contributed by atoms with E-state index < -0.39 is 34.0 Å². The first-order valence-electron chi connectivity index (χ1n) is 10.5. The molecule has 2 bridgehead atoms. The number of carbonyl (C=O) groups is 3. The van der Waals surface area contributed by atoms with Gasteiger partial charge in [0.2, 0.25) is 0 Å². The smallest absolute Gasteiger partial charge is 0.324 e. The number of benzene rings is 2. The monoisotopic (exact) mass is 434 g/mol. The van der Waals surface area contributed by atoms with Gasteiger partial charge in [-0.3, -0.25) is 14.4 Å². The Balaban J connectivity index is 2.23. The zero-order valence-electron chi connectivity index (χ0n) is 18.4. The van der Waals surface area contributed by atoms with Crippen molar-refractivity contribution in [2.24, 2.45) is 16.2 Å². The standard InChI is InChI=1S/C26H26O6/c1-24(14-15-27)16-25(22(29)31-2)19(17-10-6-4-7-11-17)20(18-12-8-5-9-13-18)26(24,21(25)28)23(30)32-3/h4-13,27H,14-16H2,1-3H3/t24-,25+,26+/m0/s1. The lowest BCUT2D eigenvalue weighted by atomic mass is 9.57. The summed E-state index contributed by atoms with van der Waals surface area (Å²) < 4.78 is 10.4. The third-order valence-electron chi connectivity index (χ3n) is 7.15. The Bertz CT molecular complexity index is 1110.